The fourth-order valence-corrected chi connectivity index (χ4v) is 1.77. The first-order valence-corrected chi connectivity index (χ1v) is 5.84. The number of halogens is 1. The van der Waals surface area contributed by atoms with Crippen molar-refractivity contribution in [3.63, 3.8) is 0 Å². The third-order valence-electron chi connectivity index (χ3n) is 2.52. The van der Waals surface area contributed by atoms with Crippen LogP contribution < -0.4 is 0 Å². The van der Waals surface area contributed by atoms with Crippen molar-refractivity contribution in [1.82, 2.24) is 4.98 Å². The average molecular weight is 266 g/mol. The van der Waals surface area contributed by atoms with Crippen LogP contribution in [0.2, 0.25) is 5.02 Å². The lowest BCUT2D eigenvalue weighted by Gasteiger charge is -1.97. The number of aliphatic carboxylic acids is 1. The van der Waals surface area contributed by atoms with Crippen molar-refractivity contribution in [3.05, 3.63) is 52.2 Å². The molecule has 0 saturated carbocycles. The molecule has 1 N–H and O–H groups in total. The van der Waals surface area contributed by atoms with Crippen molar-refractivity contribution in [1.29, 1.82) is 0 Å². The van der Waals surface area contributed by atoms with E-state index in [4.69, 9.17) is 21.1 Å². The fourth-order valence-electron chi connectivity index (χ4n) is 1.64. The Kier molecular flexibility index (Phi) is 3.67. The third-order valence-corrected chi connectivity index (χ3v) is 2.77. The van der Waals surface area contributed by atoms with Gasteiger partial charge in [0.1, 0.15) is 12.2 Å². The van der Waals surface area contributed by atoms with Crippen LogP contribution >= 0.6 is 11.6 Å². The highest BCUT2D eigenvalue weighted by molar-refractivity contribution is 6.30. The highest BCUT2D eigenvalue weighted by Gasteiger charge is 2.13. The van der Waals surface area contributed by atoms with E-state index in [1.807, 2.05) is 12.1 Å². The van der Waals surface area contributed by atoms with Gasteiger partial charge in [-0.25, -0.2) is 4.98 Å². The minimum atomic E-state index is -0.924. The van der Waals surface area contributed by atoms with Gasteiger partial charge in [-0.15, -0.1) is 0 Å². The zero-order valence-corrected chi connectivity index (χ0v) is 10.6. The van der Waals surface area contributed by atoms with E-state index >= 15 is 0 Å². The van der Waals surface area contributed by atoms with Crippen molar-refractivity contribution >= 4 is 17.6 Å². The number of carbonyl (C=O) groups is 1. The average Bonchev–Trinajstić information content (AvgIpc) is 2.62. The van der Waals surface area contributed by atoms with Crippen molar-refractivity contribution in [3.8, 4) is 0 Å². The third kappa shape index (κ3) is 3.11. The van der Waals surface area contributed by atoms with Crippen molar-refractivity contribution in [2.75, 3.05) is 0 Å². The van der Waals surface area contributed by atoms with Gasteiger partial charge in [0.15, 0.2) is 5.89 Å². The summed E-state index contributed by atoms with van der Waals surface area (Å²) in [6.07, 6.45) is 0.386. The van der Waals surface area contributed by atoms with Gasteiger partial charge in [0.25, 0.3) is 0 Å². The molecule has 0 fully saturated rings. The molecule has 94 valence electrons. The molecule has 0 aliphatic heterocycles. The Labute approximate surface area is 109 Å². The number of rotatable bonds is 4. The van der Waals surface area contributed by atoms with E-state index in [2.05, 4.69) is 4.98 Å². The molecule has 0 spiro atoms. The standard InChI is InChI=1S/C13H12ClNO3/c1-8-11(7-13(16)17)18-12(15-8)6-9-2-4-10(14)5-3-9/h2-5H,6-7H2,1H3,(H,16,17). The van der Waals surface area contributed by atoms with Crippen LogP contribution in [0.4, 0.5) is 0 Å². The number of hydrogen-bond acceptors (Lipinski definition) is 3. The van der Waals surface area contributed by atoms with Crippen LogP contribution in [0.25, 0.3) is 0 Å². The minimum Gasteiger partial charge on any atom is -0.481 e. The molecule has 0 saturated heterocycles. The Morgan fingerprint density at radius 1 is 1.39 bits per heavy atom. The first-order chi connectivity index (χ1) is 8.54. The van der Waals surface area contributed by atoms with Crippen molar-refractivity contribution in [2.45, 2.75) is 19.8 Å². The number of benzene rings is 1. The predicted octanol–water partition coefficient (Wildman–Crippen LogP) is 2.85. The monoisotopic (exact) mass is 265 g/mol. The summed E-state index contributed by atoms with van der Waals surface area (Å²) in [5, 5.41) is 9.39. The highest BCUT2D eigenvalue weighted by Crippen LogP contribution is 2.16. The van der Waals surface area contributed by atoms with Crippen molar-refractivity contribution < 1.29 is 14.3 Å². The Morgan fingerprint density at radius 3 is 2.67 bits per heavy atom. The maximum Gasteiger partial charge on any atom is 0.311 e. The summed E-state index contributed by atoms with van der Waals surface area (Å²) in [5.41, 5.74) is 1.64. The predicted molar refractivity (Wildman–Crippen MR) is 66.8 cm³/mol. The van der Waals surface area contributed by atoms with Crippen LogP contribution in [0.15, 0.2) is 28.7 Å². The second kappa shape index (κ2) is 5.23. The van der Waals surface area contributed by atoms with Gasteiger partial charge in [0.05, 0.1) is 5.69 Å². The summed E-state index contributed by atoms with van der Waals surface area (Å²) in [7, 11) is 0. The summed E-state index contributed by atoms with van der Waals surface area (Å²) in [6, 6.07) is 7.37. The maximum absolute atomic E-state index is 10.6. The summed E-state index contributed by atoms with van der Waals surface area (Å²) in [4.78, 5) is 14.8. The Hall–Kier alpha value is -1.81. The van der Waals surface area contributed by atoms with Gasteiger partial charge in [-0.1, -0.05) is 23.7 Å². The van der Waals surface area contributed by atoms with E-state index in [0.717, 1.165) is 5.56 Å². The number of hydrogen-bond donors (Lipinski definition) is 1. The zero-order valence-electron chi connectivity index (χ0n) is 9.81. The van der Waals surface area contributed by atoms with Gasteiger partial charge in [-0.2, -0.15) is 0 Å². The lowest BCUT2D eigenvalue weighted by atomic mass is 10.1. The second-order valence-electron chi connectivity index (χ2n) is 3.99. The lowest BCUT2D eigenvalue weighted by molar-refractivity contribution is -0.136. The molecule has 0 bridgehead atoms. The Balaban J connectivity index is 2.14. The molecule has 0 aliphatic carbocycles. The lowest BCUT2D eigenvalue weighted by Crippen LogP contribution is -1.99. The SMILES string of the molecule is Cc1nc(Cc2ccc(Cl)cc2)oc1CC(=O)O. The van der Waals surface area contributed by atoms with Crippen LogP contribution in [0.5, 0.6) is 0 Å². The molecule has 2 aromatic rings. The maximum atomic E-state index is 10.6. The highest BCUT2D eigenvalue weighted by atomic mass is 35.5. The smallest absolute Gasteiger partial charge is 0.311 e. The van der Waals surface area contributed by atoms with E-state index in [9.17, 15) is 4.79 Å². The van der Waals surface area contributed by atoms with Gasteiger partial charge in [0.2, 0.25) is 0 Å². The number of carboxylic acids is 1. The molecule has 5 heteroatoms. The number of carboxylic acid groups (broad SMARTS) is 1. The van der Waals surface area contributed by atoms with Crippen LogP contribution in [-0.2, 0) is 17.6 Å². The van der Waals surface area contributed by atoms with Gasteiger partial charge in [-0.3, -0.25) is 4.79 Å². The molecule has 0 radical (unpaired) electrons. The van der Waals surface area contributed by atoms with Crippen molar-refractivity contribution in [2.24, 2.45) is 0 Å². The summed E-state index contributed by atoms with van der Waals surface area (Å²) < 4.78 is 5.43. The van der Waals surface area contributed by atoms with E-state index in [1.165, 1.54) is 0 Å². The number of oxazole rings is 1. The zero-order chi connectivity index (χ0) is 13.1. The van der Waals surface area contributed by atoms with Crippen LogP contribution in [0.1, 0.15) is 22.9 Å². The van der Waals surface area contributed by atoms with E-state index in [0.29, 0.717) is 28.8 Å². The van der Waals surface area contributed by atoms with Gasteiger partial charge in [0, 0.05) is 11.4 Å². The summed E-state index contributed by atoms with van der Waals surface area (Å²) in [6.45, 7) is 1.74. The molecule has 1 aromatic carbocycles. The van der Waals surface area contributed by atoms with Crippen LogP contribution in [0, 0.1) is 6.92 Å². The number of aryl methyl sites for hydroxylation is 1. The van der Waals surface area contributed by atoms with E-state index in [1.54, 1.807) is 19.1 Å². The molecular weight excluding hydrogens is 254 g/mol. The van der Waals surface area contributed by atoms with E-state index in [-0.39, 0.29) is 6.42 Å². The molecule has 4 nitrogen and oxygen atoms in total. The van der Waals surface area contributed by atoms with Gasteiger partial charge in [-0.05, 0) is 24.6 Å². The normalized spacial score (nSPS) is 10.6. The molecule has 1 aromatic heterocycles. The first-order valence-electron chi connectivity index (χ1n) is 5.46. The minimum absolute atomic E-state index is 0.139. The second-order valence-corrected chi connectivity index (χ2v) is 4.43. The summed E-state index contributed by atoms with van der Waals surface area (Å²) >= 11 is 5.80. The first kappa shape index (κ1) is 12.6. The quantitative estimate of drug-likeness (QED) is 0.923. The molecule has 0 aliphatic rings. The van der Waals surface area contributed by atoms with Gasteiger partial charge < -0.3 is 9.52 Å². The Morgan fingerprint density at radius 2 is 2.06 bits per heavy atom. The van der Waals surface area contributed by atoms with E-state index < -0.39 is 5.97 Å². The molecule has 0 atom stereocenters. The molecule has 2 rings (SSSR count). The fraction of sp³-hybridized carbons (Fsp3) is 0.231. The Bertz CT molecular complexity index is 560. The molecule has 1 heterocycles. The largest absolute Gasteiger partial charge is 0.481 e. The molecule has 0 unspecified atom stereocenters. The van der Waals surface area contributed by atoms with Crippen LogP contribution in [0.3, 0.4) is 0 Å². The summed E-state index contributed by atoms with van der Waals surface area (Å²) in [5.74, 6) is 0.00447. The number of nitrogens with zero attached hydrogens (tertiary/aromatic N) is 1. The molecule has 0 amide bonds. The molecule has 18 heavy (non-hydrogen) atoms. The topological polar surface area (TPSA) is 63.3 Å². The van der Waals surface area contributed by atoms with Crippen LogP contribution in [-0.4, -0.2) is 16.1 Å². The number of aromatic nitrogens is 1. The van der Waals surface area contributed by atoms with Gasteiger partial charge >= 0.3 is 5.97 Å². The molecular formula is C13H12ClNO3.